The SMILES string of the molecule is Cc1cccn2cc(C(=O)N(CCO)Cc3nccs3)nc12. The van der Waals surface area contributed by atoms with Gasteiger partial charge >= 0.3 is 0 Å². The van der Waals surface area contributed by atoms with E-state index < -0.39 is 0 Å². The molecule has 0 saturated carbocycles. The predicted octanol–water partition coefficient (Wildman–Crippen LogP) is 1.73. The van der Waals surface area contributed by atoms with Crippen molar-refractivity contribution in [2.75, 3.05) is 13.2 Å². The van der Waals surface area contributed by atoms with Gasteiger partial charge in [0.15, 0.2) is 0 Å². The molecular weight excluding hydrogens is 300 g/mol. The zero-order chi connectivity index (χ0) is 15.5. The van der Waals surface area contributed by atoms with Gasteiger partial charge in [-0.3, -0.25) is 4.79 Å². The molecule has 3 aromatic rings. The molecule has 1 amide bonds. The van der Waals surface area contributed by atoms with Crippen molar-refractivity contribution >= 4 is 22.9 Å². The smallest absolute Gasteiger partial charge is 0.274 e. The van der Waals surface area contributed by atoms with Gasteiger partial charge in [-0.2, -0.15) is 0 Å². The number of aliphatic hydroxyl groups excluding tert-OH is 1. The first-order valence-corrected chi connectivity index (χ1v) is 7.80. The van der Waals surface area contributed by atoms with Gasteiger partial charge in [-0.15, -0.1) is 11.3 Å². The van der Waals surface area contributed by atoms with Crippen LogP contribution in [0.2, 0.25) is 0 Å². The lowest BCUT2D eigenvalue weighted by atomic mass is 10.3. The number of nitrogens with zero attached hydrogens (tertiary/aromatic N) is 4. The summed E-state index contributed by atoms with van der Waals surface area (Å²) in [4.78, 5) is 22.8. The second-order valence-electron chi connectivity index (χ2n) is 4.92. The van der Waals surface area contributed by atoms with Crippen LogP contribution in [0.4, 0.5) is 0 Å². The number of hydrogen-bond acceptors (Lipinski definition) is 5. The van der Waals surface area contributed by atoms with Crippen molar-refractivity contribution in [3.63, 3.8) is 0 Å². The molecule has 0 atom stereocenters. The molecule has 7 heteroatoms. The second-order valence-corrected chi connectivity index (χ2v) is 5.90. The van der Waals surface area contributed by atoms with Gasteiger partial charge in [0.25, 0.3) is 5.91 Å². The first-order valence-electron chi connectivity index (χ1n) is 6.92. The number of rotatable bonds is 5. The minimum absolute atomic E-state index is 0.0937. The molecular formula is C15H16N4O2S. The van der Waals surface area contributed by atoms with Crippen molar-refractivity contribution in [2.24, 2.45) is 0 Å². The van der Waals surface area contributed by atoms with Crippen molar-refractivity contribution < 1.29 is 9.90 Å². The molecule has 0 radical (unpaired) electrons. The number of aromatic nitrogens is 3. The maximum atomic E-state index is 12.7. The van der Waals surface area contributed by atoms with Crippen molar-refractivity contribution in [3.8, 4) is 0 Å². The van der Waals surface area contributed by atoms with Crippen LogP contribution in [0.3, 0.4) is 0 Å². The van der Waals surface area contributed by atoms with E-state index in [1.165, 1.54) is 11.3 Å². The molecule has 0 aliphatic heterocycles. The number of carbonyl (C=O) groups excluding carboxylic acids is 1. The largest absolute Gasteiger partial charge is 0.395 e. The summed E-state index contributed by atoms with van der Waals surface area (Å²) >= 11 is 1.48. The van der Waals surface area contributed by atoms with Gasteiger partial charge in [-0.1, -0.05) is 6.07 Å². The minimum atomic E-state index is -0.202. The van der Waals surface area contributed by atoms with Gasteiger partial charge in [0, 0.05) is 30.5 Å². The van der Waals surface area contributed by atoms with Crippen LogP contribution in [0.1, 0.15) is 21.1 Å². The van der Waals surface area contributed by atoms with Crippen LogP contribution in [0.25, 0.3) is 5.65 Å². The monoisotopic (exact) mass is 316 g/mol. The quantitative estimate of drug-likeness (QED) is 0.778. The van der Waals surface area contributed by atoms with Crippen LogP contribution in [0.5, 0.6) is 0 Å². The molecule has 3 rings (SSSR count). The van der Waals surface area contributed by atoms with E-state index in [-0.39, 0.29) is 19.1 Å². The van der Waals surface area contributed by atoms with Crippen LogP contribution in [-0.2, 0) is 6.54 Å². The number of fused-ring (bicyclic) bond motifs is 1. The summed E-state index contributed by atoms with van der Waals surface area (Å²) in [6.07, 6.45) is 5.29. The van der Waals surface area contributed by atoms with Gasteiger partial charge < -0.3 is 14.4 Å². The van der Waals surface area contributed by atoms with Crippen LogP contribution < -0.4 is 0 Å². The van der Waals surface area contributed by atoms with E-state index in [4.69, 9.17) is 0 Å². The summed E-state index contributed by atoms with van der Waals surface area (Å²) in [5.74, 6) is -0.202. The van der Waals surface area contributed by atoms with Crippen LogP contribution in [0.15, 0.2) is 36.1 Å². The number of thiazole rings is 1. The van der Waals surface area contributed by atoms with E-state index in [0.717, 1.165) is 16.2 Å². The number of carbonyl (C=O) groups is 1. The standard InChI is InChI=1S/C15H16N4O2S/c1-11-3-2-5-18-9-12(17-14(11)18)15(21)19(6-7-20)10-13-16-4-8-22-13/h2-5,8-9,20H,6-7,10H2,1H3. The first kappa shape index (κ1) is 14.7. The van der Waals surface area contributed by atoms with Crippen molar-refractivity contribution in [1.82, 2.24) is 19.3 Å². The molecule has 1 N–H and O–H groups in total. The second kappa shape index (κ2) is 6.25. The Morgan fingerprint density at radius 2 is 2.36 bits per heavy atom. The van der Waals surface area contributed by atoms with E-state index in [1.807, 2.05) is 35.0 Å². The molecule has 0 aliphatic rings. The number of pyridine rings is 1. The molecule has 114 valence electrons. The predicted molar refractivity (Wildman–Crippen MR) is 83.9 cm³/mol. The Labute approximate surface area is 131 Å². The Hall–Kier alpha value is -2.25. The zero-order valence-electron chi connectivity index (χ0n) is 12.1. The highest BCUT2D eigenvalue weighted by Gasteiger charge is 2.20. The molecule has 0 fully saturated rings. The fraction of sp³-hybridized carbons (Fsp3) is 0.267. The van der Waals surface area contributed by atoms with Crippen LogP contribution >= 0.6 is 11.3 Å². The average molecular weight is 316 g/mol. The van der Waals surface area contributed by atoms with Gasteiger partial charge in [0.2, 0.25) is 0 Å². The third-order valence-corrected chi connectivity index (χ3v) is 4.13. The molecule has 0 unspecified atom stereocenters. The lowest BCUT2D eigenvalue weighted by Crippen LogP contribution is -2.33. The van der Waals surface area contributed by atoms with E-state index >= 15 is 0 Å². The van der Waals surface area contributed by atoms with Crippen molar-refractivity contribution in [1.29, 1.82) is 0 Å². The highest BCUT2D eigenvalue weighted by atomic mass is 32.1. The summed E-state index contributed by atoms with van der Waals surface area (Å²) in [5.41, 5.74) is 2.15. The maximum Gasteiger partial charge on any atom is 0.274 e. The molecule has 0 bridgehead atoms. The molecule has 3 aromatic heterocycles. The number of imidazole rings is 1. The Morgan fingerprint density at radius 1 is 1.50 bits per heavy atom. The summed E-state index contributed by atoms with van der Waals surface area (Å²) in [6.45, 7) is 2.50. The summed E-state index contributed by atoms with van der Waals surface area (Å²) in [5, 5.41) is 11.9. The third-order valence-electron chi connectivity index (χ3n) is 3.36. The lowest BCUT2D eigenvalue weighted by Gasteiger charge is -2.19. The highest BCUT2D eigenvalue weighted by molar-refractivity contribution is 7.09. The van der Waals surface area contributed by atoms with Crippen LogP contribution in [-0.4, -0.2) is 43.4 Å². The number of hydrogen-bond donors (Lipinski definition) is 1. The van der Waals surface area contributed by atoms with Crippen LogP contribution in [0, 0.1) is 6.92 Å². The van der Waals surface area contributed by atoms with E-state index in [9.17, 15) is 9.90 Å². The first-order chi connectivity index (χ1) is 10.7. The van der Waals surface area contributed by atoms with E-state index in [2.05, 4.69) is 9.97 Å². The number of amides is 1. The molecule has 0 aromatic carbocycles. The van der Waals surface area contributed by atoms with E-state index in [1.54, 1.807) is 17.3 Å². The normalized spacial score (nSPS) is 11.0. The Bertz CT molecular complexity index is 782. The summed E-state index contributed by atoms with van der Waals surface area (Å²) in [7, 11) is 0. The van der Waals surface area contributed by atoms with E-state index in [0.29, 0.717) is 12.2 Å². The summed E-state index contributed by atoms with van der Waals surface area (Å²) in [6, 6.07) is 3.87. The number of aryl methyl sites for hydroxylation is 1. The van der Waals surface area contributed by atoms with Gasteiger partial charge in [-0.25, -0.2) is 9.97 Å². The fourth-order valence-electron chi connectivity index (χ4n) is 2.29. The molecule has 3 heterocycles. The number of aliphatic hydroxyl groups is 1. The maximum absolute atomic E-state index is 12.7. The van der Waals surface area contributed by atoms with Crippen molar-refractivity contribution in [3.05, 3.63) is 52.4 Å². The third kappa shape index (κ3) is 2.86. The average Bonchev–Trinajstić information content (AvgIpc) is 3.15. The molecule has 0 aliphatic carbocycles. The lowest BCUT2D eigenvalue weighted by molar-refractivity contribution is 0.0702. The van der Waals surface area contributed by atoms with Gasteiger partial charge in [0.05, 0.1) is 13.2 Å². The Balaban J connectivity index is 1.89. The van der Waals surface area contributed by atoms with Gasteiger partial charge in [0.1, 0.15) is 16.3 Å². The molecule has 22 heavy (non-hydrogen) atoms. The molecule has 0 spiro atoms. The van der Waals surface area contributed by atoms with Crippen molar-refractivity contribution in [2.45, 2.75) is 13.5 Å². The molecule has 6 nitrogen and oxygen atoms in total. The minimum Gasteiger partial charge on any atom is -0.395 e. The molecule has 0 saturated heterocycles. The topological polar surface area (TPSA) is 70.7 Å². The highest BCUT2D eigenvalue weighted by Crippen LogP contribution is 2.14. The Morgan fingerprint density at radius 3 is 3.05 bits per heavy atom. The zero-order valence-corrected chi connectivity index (χ0v) is 13.0. The van der Waals surface area contributed by atoms with Gasteiger partial charge in [-0.05, 0) is 18.6 Å². The fourth-order valence-corrected chi connectivity index (χ4v) is 2.92. The summed E-state index contributed by atoms with van der Waals surface area (Å²) < 4.78 is 1.84. The Kier molecular flexibility index (Phi) is 4.17.